The molecule has 0 aromatic heterocycles. The van der Waals surface area contributed by atoms with Crippen LogP contribution < -0.4 is 15.6 Å². The van der Waals surface area contributed by atoms with Crippen molar-refractivity contribution in [2.24, 2.45) is 5.92 Å². The van der Waals surface area contributed by atoms with Crippen molar-refractivity contribution < 1.29 is 19.2 Å². The van der Waals surface area contributed by atoms with E-state index in [1.165, 1.54) is 30.4 Å². The molecule has 0 aliphatic heterocycles. The average molecular weight is 383 g/mol. The molecule has 0 aliphatic carbocycles. The van der Waals surface area contributed by atoms with Crippen molar-refractivity contribution in [3.05, 3.63) is 75.8 Å². The summed E-state index contributed by atoms with van der Waals surface area (Å²) in [6, 6.07) is 12.4. The number of rotatable bonds is 7. The smallest absolute Gasteiger partial charge is 0.270 e. The largest absolute Gasteiger partial charge is 0.493 e. The topological polar surface area (TPSA) is 111 Å². The first-order valence-corrected chi connectivity index (χ1v) is 8.61. The third kappa shape index (κ3) is 6.56. The zero-order valence-electron chi connectivity index (χ0n) is 15.5. The molecule has 0 atom stereocenters. The summed E-state index contributed by atoms with van der Waals surface area (Å²) >= 11 is 0. The maximum absolute atomic E-state index is 12.1. The van der Waals surface area contributed by atoms with E-state index < -0.39 is 16.7 Å². The number of carbonyl (C=O) groups is 2. The third-order valence-electron chi connectivity index (χ3n) is 3.51. The van der Waals surface area contributed by atoms with Crippen LogP contribution in [0.25, 0.3) is 6.08 Å². The van der Waals surface area contributed by atoms with Crippen LogP contribution in [0.4, 0.5) is 5.69 Å². The minimum absolute atomic E-state index is 0.0725. The first kappa shape index (κ1) is 20.6. The SMILES string of the molecule is CC(C)COc1ccc(C(=O)NNC(=O)/C=C/c2cccc([N+](=O)[O-])c2)cc1. The lowest BCUT2D eigenvalue weighted by atomic mass is 10.2. The molecule has 0 saturated carbocycles. The highest BCUT2D eigenvalue weighted by Gasteiger charge is 2.07. The number of nitro benzene ring substituents is 1. The summed E-state index contributed by atoms with van der Waals surface area (Å²) in [5, 5.41) is 10.7. The van der Waals surface area contributed by atoms with Crippen molar-refractivity contribution in [1.82, 2.24) is 10.9 Å². The molecule has 0 heterocycles. The molecular formula is C20H21N3O5. The van der Waals surface area contributed by atoms with Gasteiger partial charge in [0.05, 0.1) is 11.5 Å². The Balaban J connectivity index is 1.85. The standard InChI is InChI=1S/C20H21N3O5/c1-14(2)13-28-18-9-7-16(8-10-18)20(25)22-21-19(24)11-6-15-4-3-5-17(12-15)23(26)27/h3-12,14H,13H2,1-2H3,(H,21,24)(H,22,25)/b11-6+. The molecule has 0 saturated heterocycles. The van der Waals surface area contributed by atoms with Crippen LogP contribution in [-0.4, -0.2) is 23.3 Å². The van der Waals surface area contributed by atoms with Gasteiger partial charge in [-0.15, -0.1) is 0 Å². The van der Waals surface area contributed by atoms with Crippen molar-refractivity contribution in [2.45, 2.75) is 13.8 Å². The van der Waals surface area contributed by atoms with Crippen molar-refractivity contribution in [3.8, 4) is 5.75 Å². The lowest BCUT2D eigenvalue weighted by Crippen LogP contribution is -2.40. The predicted octanol–water partition coefficient (Wildman–Crippen LogP) is 3.10. The number of benzene rings is 2. The first-order valence-electron chi connectivity index (χ1n) is 8.61. The van der Waals surface area contributed by atoms with Crippen molar-refractivity contribution >= 4 is 23.6 Å². The number of nitrogens with one attached hydrogen (secondary N) is 2. The van der Waals surface area contributed by atoms with E-state index in [4.69, 9.17) is 4.74 Å². The van der Waals surface area contributed by atoms with Gasteiger partial charge in [-0.2, -0.15) is 0 Å². The number of nitrogens with zero attached hydrogens (tertiary/aromatic N) is 1. The van der Waals surface area contributed by atoms with E-state index in [1.54, 1.807) is 30.3 Å². The van der Waals surface area contributed by atoms with Crippen LogP contribution in [0.2, 0.25) is 0 Å². The van der Waals surface area contributed by atoms with E-state index in [-0.39, 0.29) is 5.69 Å². The molecule has 8 nitrogen and oxygen atoms in total. The second-order valence-electron chi connectivity index (χ2n) is 6.36. The molecular weight excluding hydrogens is 362 g/mol. The Morgan fingerprint density at radius 1 is 1.14 bits per heavy atom. The van der Waals surface area contributed by atoms with Crippen LogP contribution in [0.3, 0.4) is 0 Å². The monoisotopic (exact) mass is 383 g/mol. The van der Waals surface area contributed by atoms with E-state index in [2.05, 4.69) is 10.9 Å². The van der Waals surface area contributed by atoms with Crippen molar-refractivity contribution in [3.63, 3.8) is 0 Å². The quantitative estimate of drug-likeness (QED) is 0.434. The van der Waals surface area contributed by atoms with Gasteiger partial charge >= 0.3 is 0 Å². The molecule has 0 aliphatic rings. The molecule has 2 rings (SSSR count). The fraction of sp³-hybridized carbons (Fsp3) is 0.200. The average Bonchev–Trinajstić information content (AvgIpc) is 2.69. The summed E-state index contributed by atoms with van der Waals surface area (Å²) in [6.07, 6.45) is 2.58. The van der Waals surface area contributed by atoms with E-state index in [9.17, 15) is 19.7 Å². The van der Waals surface area contributed by atoms with Crippen LogP contribution >= 0.6 is 0 Å². The second kappa shape index (κ2) is 9.86. The van der Waals surface area contributed by atoms with Gasteiger partial charge in [0.25, 0.3) is 17.5 Å². The highest BCUT2D eigenvalue weighted by Crippen LogP contribution is 2.14. The Labute approximate surface area is 162 Å². The summed E-state index contributed by atoms with van der Waals surface area (Å²) in [4.78, 5) is 34.1. The molecule has 0 unspecified atom stereocenters. The van der Waals surface area contributed by atoms with Crippen LogP contribution in [0.15, 0.2) is 54.6 Å². The number of hydrogen-bond acceptors (Lipinski definition) is 5. The fourth-order valence-corrected chi connectivity index (χ4v) is 2.11. The molecule has 2 aromatic rings. The predicted molar refractivity (Wildman–Crippen MR) is 105 cm³/mol. The molecule has 2 amide bonds. The Hall–Kier alpha value is -3.68. The highest BCUT2D eigenvalue weighted by molar-refractivity contribution is 5.98. The van der Waals surface area contributed by atoms with Gasteiger partial charge in [0, 0.05) is 23.8 Å². The van der Waals surface area contributed by atoms with Gasteiger partial charge in [-0.25, -0.2) is 0 Å². The zero-order chi connectivity index (χ0) is 20.5. The number of carbonyl (C=O) groups excluding carboxylic acids is 2. The van der Waals surface area contributed by atoms with Gasteiger partial charge < -0.3 is 4.74 Å². The maximum atomic E-state index is 12.1. The lowest BCUT2D eigenvalue weighted by Gasteiger charge is -2.09. The minimum Gasteiger partial charge on any atom is -0.493 e. The van der Waals surface area contributed by atoms with Gasteiger partial charge in [-0.1, -0.05) is 26.0 Å². The molecule has 0 spiro atoms. The van der Waals surface area contributed by atoms with Crippen molar-refractivity contribution in [2.75, 3.05) is 6.61 Å². The molecule has 2 aromatic carbocycles. The lowest BCUT2D eigenvalue weighted by molar-refractivity contribution is -0.384. The second-order valence-corrected chi connectivity index (χ2v) is 6.36. The Kier molecular flexibility index (Phi) is 7.27. The van der Waals surface area contributed by atoms with E-state index in [0.717, 1.165) is 0 Å². The summed E-state index contributed by atoms with van der Waals surface area (Å²) in [5.41, 5.74) is 5.33. The van der Waals surface area contributed by atoms with Gasteiger partial charge in [0.1, 0.15) is 5.75 Å². The third-order valence-corrected chi connectivity index (χ3v) is 3.51. The summed E-state index contributed by atoms with van der Waals surface area (Å²) in [7, 11) is 0. The Morgan fingerprint density at radius 2 is 1.86 bits per heavy atom. The summed E-state index contributed by atoms with van der Waals surface area (Å²) < 4.78 is 5.54. The molecule has 8 heteroatoms. The van der Waals surface area contributed by atoms with E-state index in [1.807, 2.05) is 13.8 Å². The number of amides is 2. The fourth-order valence-electron chi connectivity index (χ4n) is 2.11. The maximum Gasteiger partial charge on any atom is 0.270 e. The van der Waals surface area contributed by atoms with E-state index >= 15 is 0 Å². The Bertz CT molecular complexity index is 876. The number of ether oxygens (including phenoxy) is 1. The molecule has 0 bridgehead atoms. The summed E-state index contributed by atoms with van der Waals surface area (Å²) in [5.74, 6) is 0.00619. The normalized spacial score (nSPS) is 10.7. The molecule has 146 valence electrons. The zero-order valence-corrected chi connectivity index (χ0v) is 15.5. The van der Waals surface area contributed by atoms with E-state index in [0.29, 0.717) is 29.4 Å². The molecule has 28 heavy (non-hydrogen) atoms. The van der Waals surface area contributed by atoms with Crippen LogP contribution in [0, 0.1) is 16.0 Å². The number of hydrogen-bond donors (Lipinski definition) is 2. The van der Waals surface area contributed by atoms with Crippen LogP contribution in [0.5, 0.6) is 5.75 Å². The molecule has 0 radical (unpaired) electrons. The van der Waals surface area contributed by atoms with Gasteiger partial charge in [0.2, 0.25) is 0 Å². The molecule has 0 fully saturated rings. The molecule has 2 N–H and O–H groups in total. The number of hydrazine groups is 1. The van der Waals surface area contributed by atoms with Crippen LogP contribution in [-0.2, 0) is 4.79 Å². The first-order chi connectivity index (χ1) is 13.3. The van der Waals surface area contributed by atoms with Gasteiger partial charge in [0.15, 0.2) is 0 Å². The number of non-ortho nitro benzene ring substituents is 1. The number of nitro groups is 1. The Morgan fingerprint density at radius 3 is 2.50 bits per heavy atom. The minimum atomic E-state index is -0.572. The van der Waals surface area contributed by atoms with Gasteiger partial charge in [-0.3, -0.25) is 30.6 Å². The van der Waals surface area contributed by atoms with Crippen molar-refractivity contribution in [1.29, 1.82) is 0 Å². The van der Waals surface area contributed by atoms with Crippen LogP contribution in [0.1, 0.15) is 29.8 Å². The van der Waals surface area contributed by atoms with Gasteiger partial charge in [-0.05, 0) is 41.8 Å². The highest BCUT2D eigenvalue weighted by atomic mass is 16.6. The summed E-state index contributed by atoms with van der Waals surface area (Å²) in [6.45, 7) is 4.66.